The number of carbonyl (C=O) groups is 1. The molecule has 110 valence electrons. The van der Waals surface area contributed by atoms with Gasteiger partial charge in [-0.1, -0.05) is 37.3 Å². The smallest absolute Gasteiger partial charge is 0.320 e. The fourth-order valence-electron chi connectivity index (χ4n) is 3.14. The van der Waals surface area contributed by atoms with E-state index in [2.05, 4.69) is 4.90 Å². The van der Waals surface area contributed by atoms with Gasteiger partial charge in [-0.25, -0.2) is 0 Å². The lowest BCUT2D eigenvalue weighted by atomic mass is 9.99. The lowest BCUT2D eigenvalue weighted by Gasteiger charge is -2.31. The van der Waals surface area contributed by atoms with E-state index in [-0.39, 0.29) is 6.04 Å². The summed E-state index contributed by atoms with van der Waals surface area (Å²) in [4.78, 5) is 13.4. The molecule has 1 aromatic rings. The molecule has 1 fully saturated rings. The highest BCUT2D eigenvalue weighted by molar-refractivity contribution is 5.73. The number of aliphatic hydroxyl groups is 1. The quantitative estimate of drug-likeness (QED) is 0.838. The fourth-order valence-corrected chi connectivity index (χ4v) is 3.14. The van der Waals surface area contributed by atoms with Crippen LogP contribution in [0.1, 0.15) is 44.3 Å². The summed E-state index contributed by atoms with van der Waals surface area (Å²) >= 11 is 0. The van der Waals surface area contributed by atoms with E-state index in [9.17, 15) is 15.0 Å². The van der Waals surface area contributed by atoms with E-state index in [1.807, 2.05) is 37.3 Å². The Morgan fingerprint density at radius 2 is 2.10 bits per heavy atom. The van der Waals surface area contributed by atoms with E-state index in [1.165, 1.54) is 0 Å². The number of rotatable bonds is 6. The van der Waals surface area contributed by atoms with Gasteiger partial charge in [-0.15, -0.1) is 0 Å². The summed E-state index contributed by atoms with van der Waals surface area (Å²) in [7, 11) is 0. The van der Waals surface area contributed by atoms with Gasteiger partial charge in [0.15, 0.2) is 0 Å². The Kier molecular flexibility index (Phi) is 5.15. The number of nitrogens with zero attached hydrogens (tertiary/aromatic N) is 1. The van der Waals surface area contributed by atoms with Crippen molar-refractivity contribution in [1.82, 2.24) is 4.90 Å². The van der Waals surface area contributed by atoms with Crippen LogP contribution in [0.2, 0.25) is 0 Å². The first-order chi connectivity index (χ1) is 9.63. The van der Waals surface area contributed by atoms with Gasteiger partial charge in [0.1, 0.15) is 6.04 Å². The minimum Gasteiger partial charge on any atom is -0.480 e. The number of hydrogen-bond acceptors (Lipinski definition) is 3. The Hall–Kier alpha value is -1.39. The molecule has 0 spiro atoms. The van der Waals surface area contributed by atoms with Crippen molar-refractivity contribution >= 4 is 5.97 Å². The van der Waals surface area contributed by atoms with Crippen LogP contribution >= 0.6 is 0 Å². The Morgan fingerprint density at radius 3 is 2.70 bits per heavy atom. The molecule has 2 rings (SSSR count). The minimum absolute atomic E-state index is 0.159. The van der Waals surface area contributed by atoms with Crippen molar-refractivity contribution in [2.75, 3.05) is 6.54 Å². The van der Waals surface area contributed by atoms with Crippen LogP contribution in [-0.4, -0.2) is 39.7 Å². The van der Waals surface area contributed by atoms with Crippen LogP contribution in [0.5, 0.6) is 0 Å². The topological polar surface area (TPSA) is 60.8 Å². The van der Waals surface area contributed by atoms with Gasteiger partial charge in [0.25, 0.3) is 0 Å². The van der Waals surface area contributed by atoms with Crippen LogP contribution in [0.25, 0.3) is 0 Å². The summed E-state index contributed by atoms with van der Waals surface area (Å²) in [6.45, 7) is 2.72. The third-order valence-electron chi connectivity index (χ3n) is 4.17. The molecule has 0 bridgehead atoms. The summed E-state index contributed by atoms with van der Waals surface area (Å²) in [5.74, 6) is -0.756. The molecule has 4 nitrogen and oxygen atoms in total. The largest absolute Gasteiger partial charge is 0.480 e. The molecule has 20 heavy (non-hydrogen) atoms. The molecule has 3 unspecified atom stereocenters. The number of benzene rings is 1. The number of hydrogen-bond donors (Lipinski definition) is 2. The van der Waals surface area contributed by atoms with Crippen molar-refractivity contribution in [1.29, 1.82) is 0 Å². The average molecular weight is 277 g/mol. The Labute approximate surface area is 120 Å². The third kappa shape index (κ3) is 3.38. The van der Waals surface area contributed by atoms with Gasteiger partial charge in [-0.05, 0) is 37.8 Å². The Balaban J connectivity index is 2.02. The van der Waals surface area contributed by atoms with Crippen molar-refractivity contribution in [2.24, 2.45) is 0 Å². The first-order valence-corrected chi connectivity index (χ1v) is 7.35. The van der Waals surface area contributed by atoms with Crippen LogP contribution in [0, 0.1) is 0 Å². The molecular formula is C16H23NO3. The molecule has 0 amide bonds. The predicted molar refractivity (Wildman–Crippen MR) is 77.5 cm³/mol. The molecule has 1 heterocycles. The summed E-state index contributed by atoms with van der Waals surface area (Å²) in [6.07, 6.45) is 2.66. The van der Waals surface area contributed by atoms with Crippen molar-refractivity contribution in [3.05, 3.63) is 35.9 Å². The van der Waals surface area contributed by atoms with Gasteiger partial charge in [0.05, 0.1) is 6.10 Å². The van der Waals surface area contributed by atoms with Crippen molar-refractivity contribution in [3.63, 3.8) is 0 Å². The van der Waals surface area contributed by atoms with E-state index in [0.29, 0.717) is 12.8 Å². The van der Waals surface area contributed by atoms with Gasteiger partial charge >= 0.3 is 5.97 Å². The second-order valence-electron chi connectivity index (χ2n) is 5.46. The molecule has 0 saturated carbocycles. The molecule has 4 heteroatoms. The van der Waals surface area contributed by atoms with E-state index < -0.39 is 18.1 Å². The molecule has 0 aromatic heterocycles. The number of carboxylic acid groups (broad SMARTS) is 1. The highest BCUT2D eigenvalue weighted by Gasteiger charge is 2.34. The van der Waals surface area contributed by atoms with Gasteiger partial charge < -0.3 is 10.2 Å². The van der Waals surface area contributed by atoms with Gasteiger partial charge in [0.2, 0.25) is 0 Å². The van der Waals surface area contributed by atoms with Crippen LogP contribution in [0.3, 0.4) is 0 Å². The van der Waals surface area contributed by atoms with Crippen LogP contribution in [0.15, 0.2) is 30.3 Å². The molecule has 1 aliphatic rings. The molecule has 3 atom stereocenters. The molecule has 0 radical (unpaired) electrons. The summed E-state index contributed by atoms with van der Waals surface area (Å²) in [5.41, 5.74) is 0.905. The Bertz CT molecular complexity index is 435. The van der Waals surface area contributed by atoms with Crippen molar-refractivity contribution in [3.8, 4) is 0 Å². The standard InChI is InChI=1S/C16H23NO3/c1-2-14(16(19)20)17-10-6-9-13(17)11-15(18)12-7-4-3-5-8-12/h3-5,7-8,13-15,18H,2,6,9-11H2,1H3,(H,19,20). The predicted octanol–water partition coefficient (Wildman–Crippen LogP) is 2.44. The zero-order chi connectivity index (χ0) is 14.5. The summed E-state index contributed by atoms with van der Waals surface area (Å²) in [6, 6.07) is 9.32. The van der Waals surface area contributed by atoms with E-state index >= 15 is 0 Å². The SMILES string of the molecule is CCC(C(=O)O)N1CCCC1CC(O)c1ccccc1. The molecule has 0 aliphatic carbocycles. The second kappa shape index (κ2) is 6.86. The summed E-state index contributed by atoms with van der Waals surface area (Å²) < 4.78 is 0. The van der Waals surface area contributed by atoms with Crippen molar-refractivity contribution in [2.45, 2.75) is 50.8 Å². The van der Waals surface area contributed by atoms with Crippen LogP contribution in [-0.2, 0) is 4.79 Å². The normalized spacial score (nSPS) is 22.6. The maximum Gasteiger partial charge on any atom is 0.320 e. The highest BCUT2D eigenvalue weighted by Crippen LogP contribution is 2.29. The van der Waals surface area contributed by atoms with Crippen LogP contribution < -0.4 is 0 Å². The first-order valence-electron chi connectivity index (χ1n) is 7.35. The van der Waals surface area contributed by atoms with Gasteiger partial charge in [-0.3, -0.25) is 9.69 Å². The maximum atomic E-state index is 11.3. The fraction of sp³-hybridized carbons (Fsp3) is 0.562. The third-order valence-corrected chi connectivity index (χ3v) is 4.17. The molecule has 2 N–H and O–H groups in total. The molecular weight excluding hydrogens is 254 g/mol. The lowest BCUT2D eigenvalue weighted by molar-refractivity contribution is -0.144. The number of carboxylic acids is 1. The molecule has 1 aliphatic heterocycles. The zero-order valence-corrected chi connectivity index (χ0v) is 11.9. The lowest BCUT2D eigenvalue weighted by Crippen LogP contribution is -2.44. The van der Waals surface area contributed by atoms with Crippen LogP contribution in [0.4, 0.5) is 0 Å². The molecule has 1 saturated heterocycles. The highest BCUT2D eigenvalue weighted by atomic mass is 16.4. The number of aliphatic carboxylic acids is 1. The first kappa shape index (κ1) is 15.0. The second-order valence-corrected chi connectivity index (χ2v) is 5.46. The van der Waals surface area contributed by atoms with Gasteiger partial charge in [-0.2, -0.15) is 0 Å². The summed E-state index contributed by atoms with van der Waals surface area (Å²) in [5, 5.41) is 19.6. The average Bonchev–Trinajstić information content (AvgIpc) is 2.88. The molecule has 1 aromatic carbocycles. The van der Waals surface area contributed by atoms with Crippen molar-refractivity contribution < 1.29 is 15.0 Å². The minimum atomic E-state index is -0.756. The van der Waals surface area contributed by atoms with E-state index in [1.54, 1.807) is 0 Å². The van der Waals surface area contributed by atoms with Gasteiger partial charge in [0, 0.05) is 6.04 Å². The maximum absolute atomic E-state index is 11.3. The Morgan fingerprint density at radius 1 is 1.40 bits per heavy atom. The number of aliphatic hydroxyl groups excluding tert-OH is 1. The number of likely N-dealkylation sites (tertiary alicyclic amines) is 1. The zero-order valence-electron chi connectivity index (χ0n) is 11.9. The monoisotopic (exact) mass is 277 g/mol. The van der Waals surface area contributed by atoms with E-state index in [4.69, 9.17) is 0 Å². The van der Waals surface area contributed by atoms with E-state index in [0.717, 1.165) is 24.9 Å².